The molecule has 0 fully saturated rings. The van der Waals surface area contributed by atoms with E-state index in [2.05, 4.69) is 15.6 Å². The minimum Gasteiger partial charge on any atom is -0.358 e. The smallest absolute Gasteiger partial charge is 0.171 e. The highest BCUT2D eigenvalue weighted by atomic mass is 32.1. The highest BCUT2D eigenvalue weighted by Gasteiger charge is 2.03. The first-order chi connectivity index (χ1) is 9.15. The first kappa shape index (κ1) is 13.4. The van der Waals surface area contributed by atoms with E-state index in [0.29, 0.717) is 17.3 Å². The number of rotatable bonds is 3. The molecule has 2 N–H and O–H groups in total. The molecular weight excluding hydrogens is 268 g/mol. The van der Waals surface area contributed by atoms with Crippen LogP contribution in [0.3, 0.4) is 0 Å². The van der Waals surface area contributed by atoms with Gasteiger partial charge in [-0.1, -0.05) is 0 Å². The Bertz CT molecular complexity index is 575. The first-order valence-electron chi connectivity index (χ1n) is 5.54. The van der Waals surface area contributed by atoms with Crippen molar-refractivity contribution in [3.05, 3.63) is 59.9 Å². The van der Waals surface area contributed by atoms with E-state index in [1.165, 1.54) is 6.07 Å². The fourth-order valence-electron chi connectivity index (χ4n) is 1.43. The van der Waals surface area contributed by atoms with E-state index in [-0.39, 0.29) is 0 Å². The van der Waals surface area contributed by atoms with E-state index in [9.17, 15) is 8.78 Å². The van der Waals surface area contributed by atoms with E-state index in [0.717, 1.165) is 17.7 Å². The summed E-state index contributed by atoms with van der Waals surface area (Å²) in [6.07, 6.45) is 3.37. The average molecular weight is 279 g/mol. The van der Waals surface area contributed by atoms with Gasteiger partial charge in [0.2, 0.25) is 0 Å². The van der Waals surface area contributed by atoms with E-state index in [1.807, 2.05) is 12.1 Å². The van der Waals surface area contributed by atoms with Crippen molar-refractivity contribution in [1.82, 2.24) is 10.3 Å². The topological polar surface area (TPSA) is 37.0 Å². The Morgan fingerprint density at radius 2 is 1.84 bits per heavy atom. The van der Waals surface area contributed by atoms with Crippen molar-refractivity contribution in [2.45, 2.75) is 6.54 Å². The molecular formula is C13H11F2N3S. The molecule has 0 saturated carbocycles. The lowest BCUT2D eigenvalue weighted by Crippen LogP contribution is -2.27. The summed E-state index contributed by atoms with van der Waals surface area (Å²) in [4.78, 5) is 3.90. The molecule has 0 amide bonds. The quantitative estimate of drug-likeness (QED) is 0.847. The minimum atomic E-state index is -0.915. The second kappa shape index (κ2) is 6.19. The summed E-state index contributed by atoms with van der Waals surface area (Å²) in [7, 11) is 0. The standard InChI is InChI=1S/C13H11F2N3S/c14-11-2-1-10(7-12(11)15)18-13(19)17-8-9-3-5-16-6-4-9/h1-7H,8H2,(H2,17,18,19). The number of pyridine rings is 1. The van der Waals surface area contributed by atoms with Crippen LogP contribution in [0.25, 0.3) is 0 Å². The normalized spacial score (nSPS) is 10.0. The number of benzene rings is 1. The molecule has 0 aliphatic heterocycles. The van der Waals surface area contributed by atoms with Gasteiger partial charge in [-0.3, -0.25) is 4.98 Å². The Morgan fingerprint density at radius 3 is 2.53 bits per heavy atom. The number of aromatic nitrogens is 1. The predicted molar refractivity (Wildman–Crippen MR) is 73.7 cm³/mol. The maximum Gasteiger partial charge on any atom is 0.171 e. The molecule has 1 aromatic heterocycles. The number of anilines is 1. The van der Waals surface area contributed by atoms with Crippen LogP contribution in [0.15, 0.2) is 42.7 Å². The van der Waals surface area contributed by atoms with Crippen LogP contribution in [0.5, 0.6) is 0 Å². The predicted octanol–water partition coefficient (Wildman–Crippen LogP) is 2.85. The molecule has 19 heavy (non-hydrogen) atoms. The van der Waals surface area contributed by atoms with Crippen LogP contribution in [-0.2, 0) is 6.54 Å². The zero-order valence-electron chi connectivity index (χ0n) is 9.86. The lowest BCUT2D eigenvalue weighted by molar-refractivity contribution is 0.509. The number of nitrogens with one attached hydrogen (secondary N) is 2. The largest absolute Gasteiger partial charge is 0.358 e. The molecule has 98 valence electrons. The zero-order valence-corrected chi connectivity index (χ0v) is 10.7. The molecule has 2 aromatic rings. The van der Waals surface area contributed by atoms with Crippen LogP contribution >= 0.6 is 12.2 Å². The van der Waals surface area contributed by atoms with Crippen molar-refractivity contribution in [3.63, 3.8) is 0 Å². The van der Waals surface area contributed by atoms with E-state index < -0.39 is 11.6 Å². The molecule has 1 aromatic carbocycles. The molecule has 0 radical (unpaired) electrons. The molecule has 3 nitrogen and oxygen atoms in total. The van der Waals surface area contributed by atoms with Gasteiger partial charge in [-0.05, 0) is 42.0 Å². The SMILES string of the molecule is Fc1ccc(NC(=S)NCc2ccncc2)cc1F. The number of halogens is 2. The fourth-order valence-corrected chi connectivity index (χ4v) is 1.62. The molecule has 0 aliphatic rings. The average Bonchev–Trinajstić information content (AvgIpc) is 2.42. The third-order valence-electron chi connectivity index (χ3n) is 2.38. The van der Waals surface area contributed by atoms with Crippen LogP contribution in [0.4, 0.5) is 14.5 Å². The van der Waals surface area contributed by atoms with Crippen molar-refractivity contribution in [2.24, 2.45) is 0 Å². The summed E-state index contributed by atoms with van der Waals surface area (Å²) in [5, 5.41) is 6.07. The van der Waals surface area contributed by atoms with Crippen molar-refractivity contribution in [3.8, 4) is 0 Å². The Morgan fingerprint density at radius 1 is 1.11 bits per heavy atom. The van der Waals surface area contributed by atoms with Gasteiger partial charge in [0, 0.05) is 30.7 Å². The maximum atomic E-state index is 13.0. The Labute approximate surface area is 114 Å². The number of nitrogens with zero attached hydrogens (tertiary/aromatic N) is 1. The van der Waals surface area contributed by atoms with Crippen LogP contribution in [0.1, 0.15) is 5.56 Å². The lowest BCUT2D eigenvalue weighted by Gasteiger charge is -2.10. The number of hydrogen-bond donors (Lipinski definition) is 2. The molecule has 6 heteroatoms. The minimum absolute atomic E-state index is 0.336. The van der Waals surface area contributed by atoms with Gasteiger partial charge in [-0.15, -0.1) is 0 Å². The molecule has 0 unspecified atom stereocenters. The molecule has 0 aliphatic carbocycles. The van der Waals surface area contributed by atoms with E-state index in [4.69, 9.17) is 12.2 Å². The van der Waals surface area contributed by atoms with Crippen molar-refractivity contribution in [1.29, 1.82) is 0 Å². The third-order valence-corrected chi connectivity index (χ3v) is 2.63. The lowest BCUT2D eigenvalue weighted by atomic mass is 10.3. The van der Waals surface area contributed by atoms with Crippen molar-refractivity contribution >= 4 is 23.0 Å². The Kier molecular flexibility index (Phi) is 4.35. The monoisotopic (exact) mass is 279 g/mol. The highest BCUT2D eigenvalue weighted by Crippen LogP contribution is 2.12. The van der Waals surface area contributed by atoms with Crippen LogP contribution in [0.2, 0.25) is 0 Å². The van der Waals surface area contributed by atoms with E-state index >= 15 is 0 Å². The maximum absolute atomic E-state index is 13.0. The summed E-state index contributed by atoms with van der Waals surface area (Å²) in [6.45, 7) is 0.526. The van der Waals surface area contributed by atoms with E-state index in [1.54, 1.807) is 12.4 Å². The van der Waals surface area contributed by atoms with Crippen LogP contribution in [-0.4, -0.2) is 10.1 Å². The summed E-state index contributed by atoms with van der Waals surface area (Å²) in [5.41, 5.74) is 1.41. The second-order valence-electron chi connectivity index (χ2n) is 3.79. The third kappa shape index (κ3) is 3.96. The zero-order chi connectivity index (χ0) is 13.7. The molecule has 0 saturated heterocycles. The van der Waals surface area contributed by atoms with Gasteiger partial charge in [0.05, 0.1) is 0 Å². The molecule has 0 atom stereocenters. The molecule has 2 rings (SSSR count). The molecule has 0 spiro atoms. The Hall–Kier alpha value is -2.08. The van der Waals surface area contributed by atoms with Gasteiger partial charge in [0.25, 0.3) is 0 Å². The van der Waals surface area contributed by atoms with Gasteiger partial charge in [-0.2, -0.15) is 0 Å². The Balaban J connectivity index is 1.89. The van der Waals surface area contributed by atoms with Crippen LogP contribution in [0, 0.1) is 11.6 Å². The van der Waals surface area contributed by atoms with Crippen molar-refractivity contribution < 1.29 is 8.78 Å². The summed E-state index contributed by atoms with van der Waals surface area (Å²) >= 11 is 5.06. The highest BCUT2D eigenvalue weighted by molar-refractivity contribution is 7.80. The number of thiocarbonyl (C=S) groups is 1. The van der Waals surface area contributed by atoms with Gasteiger partial charge in [0.1, 0.15) is 0 Å². The first-order valence-corrected chi connectivity index (χ1v) is 5.95. The van der Waals surface area contributed by atoms with Crippen LogP contribution < -0.4 is 10.6 Å². The summed E-state index contributed by atoms with van der Waals surface area (Å²) in [6, 6.07) is 7.22. The summed E-state index contributed by atoms with van der Waals surface area (Å²) < 4.78 is 25.7. The van der Waals surface area contributed by atoms with Crippen molar-refractivity contribution in [2.75, 3.05) is 5.32 Å². The second-order valence-corrected chi connectivity index (χ2v) is 4.20. The van der Waals surface area contributed by atoms with Gasteiger partial charge >= 0.3 is 0 Å². The fraction of sp³-hybridized carbons (Fsp3) is 0.0769. The van der Waals surface area contributed by atoms with Gasteiger partial charge in [-0.25, -0.2) is 8.78 Å². The van der Waals surface area contributed by atoms with Gasteiger partial charge in [0.15, 0.2) is 16.7 Å². The molecule has 0 bridgehead atoms. The molecule has 1 heterocycles. The number of hydrogen-bond acceptors (Lipinski definition) is 2. The van der Waals surface area contributed by atoms with Gasteiger partial charge < -0.3 is 10.6 Å². The summed E-state index contributed by atoms with van der Waals surface area (Å²) in [5.74, 6) is -1.80.